The Morgan fingerprint density at radius 1 is 1.00 bits per heavy atom. The quantitative estimate of drug-likeness (QED) is 0.603. The molecule has 2 fully saturated rings. The van der Waals surface area contributed by atoms with Crippen LogP contribution in [0.25, 0.3) is 11.0 Å². The molecule has 0 amide bonds. The molecule has 4 heteroatoms. The third kappa shape index (κ3) is 4.89. The number of likely N-dealkylation sites (tertiary alicyclic amines) is 1. The summed E-state index contributed by atoms with van der Waals surface area (Å²) in [6, 6.07) is 5.83. The minimum absolute atomic E-state index is 0.0229. The standard InChI is InChI=1S/C24H36N2O2/c1-19-10-11-23-22(17-19)24(27)26(28-23)14-6-5-7-20-12-15-25(16-13-20)18-21-8-3-2-4-9-21/h10-11,17,20-21H,2-9,12-16,18H2,1H3. The average Bonchev–Trinajstić information content (AvgIpc) is 3.02. The molecule has 0 bridgehead atoms. The summed E-state index contributed by atoms with van der Waals surface area (Å²) < 4.78 is 7.28. The van der Waals surface area contributed by atoms with Gasteiger partial charge in [0, 0.05) is 6.54 Å². The molecule has 1 aliphatic heterocycles. The van der Waals surface area contributed by atoms with Crippen LogP contribution in [-0.4, -0.2) is 29.3 Å². The number of piperidine rings is 1. The normalized spacial score (nSPS) is 20.2. The molecule has 2 heterocycles. The molecule has 1 aromatic carbocycles. The Bertz CT molecular complexity index is 808. The summed E-state index contributed by atoms with van der Waals surface area (Å²) in [6.45, 7) is 6.65. The van der Waals surface area contributed by atoms with Gasteiger partial charge in [0.25, 0.3) is 5.56 Å². The fraction of sp³-hybridized carbons (Fsp3) is 0.708. The van der Waals surface area contributed by atoms with Crippen LogP contribution in [0.2, 0.25) is 0 Å². The smallest absolute Gasteiger partial charge is 0.290 e. The van der Waals surface area contributed by atoms with Gasteiger partial charge in [-0.05, 0) is 76.1 Å². The largest absolute Gasteiger partial charge is 0.376 e. The van der Waals surface area contributed by atoms with Gasteiger partial charge in [-0.3, -0.25) is 4.79 Å². The number of nitrogens with zero attached hydrogens (tertiary/aromatic N) is 2. The second-order valence-corrected chi connectivity index (χ2v) is 9.24. The highest BCUT2D eigenvalue weighted by atomic mass is 16.5. The molecule has 0 radical (unpaired) electrons. The third-order valence-corrected chi connectivity index (χ3v) is 6.97. The molecule has 28 heavy (non-hydrogen) atoms. The van der Waals surface area contributed by atoms with Gasteiger partial charge in [0.15, 0.2) is 5.58 Å². The molecule has 4 nitrogen and oxygen atoms in total. The number of unbranched alkanes of at least 4 members (excludes halogenated alkanes) is 1. The molecular formula is C24H36N2O2. The Kier molecular flexibility index (Phi) is 6.56. The highest BCUT2D eigenvalue weighted by molar-refractivity contribution is 5.76. The van der Waals surface area contributed by atoms with Gasteiger partial charge in [-0.15, -0.1) is 0 Å². The first-order valence-corrected chi connectivity index (χ1v) is 11.5. The van der Waals surface area contributed by atoms with Gasteiger partial charge in [0.05, 0.1) is 11.9 Å². The molecule has 1 saturated heterocycles. The van der Waals surface area contributed by atoms with Gasteiger partial charge in [0.2, 0.25) is 0 Å². The molecule has 4 rings (SSSR count). The van der Waals surface area contributed by atoms with Gasteiger partial charge in [-0.1, -0.05) is 43.7 Å². The lowest BCUT2D eigenvalue weighted by Crippen LogP contribution is -2.37. The van der Waals surface area contributed by atoms with Crippen molar-refractivity contribution >= 4 is 11.0 Å². The number of benzene rings is 1. The van der Waals surface area contributed by atoms with E-state index in [1.54, 1.807) is 4.74 Å². The summed E-state index contributed by atoms with van der Waals surface area (Å²) in [5.41, 5.74) is 1.84. The molecule has 154 valence electrons. The number of hydrogen-bond donors (Lipinski definition) is 0. The summed E-state index contributed by atoms with van der Waals surface area (Å²) in [5, 5.41) is 0.713. The zero-order valence-electron chi connectivity index (χ0n) is 17.5. The van der Waals surface area contributed by atoms with Crippen molar-refractivity contribution < 1.29 is 4.52 Å². The Balaban J connectivity index is 1.16. The average molecular weight is 385 g/mol. The zero-order valence-corrected chi connectivity index (χ0v) is 17.5. The molecule has 0 atom stereocenters. The SMILES string of the molecule is Cc1ccc2on(CCCCC3CCN(CC4CCCCC4)CC3)c(=O)c2c1. The fourth-order valence-electron chi connectivity index (χ4n) is 5.21. The van der Waals surface area contributed by atoms with Crippen LogP contribution < -0.4 is 5.56 Å². The lowest BCUT2D eigenvalue weighted by molar-refractivity contribution is 0.141. The second-order valence-electron chi connectivity index (χ2n) is 9.24. The number of rotatable bonds is 7. The van der Waals surface area contributed by atoms with E-state index in [9.17, 15) is 4.79 Å². The molecule has 0 N–H and O–H groups in total. The van der Waals surface area contributed by atoms with Crippen molar-refractivity contribution in [2.45, 2.75) is 77.7 Å². The first-order chi connectivity index (χ1) is 13.7. The summed E-state index contributed by atoms with van der Waals surface area (Å²) >= 11 is 0. The predicted octanol–water partition coefficient (Wildman–Crippen LogP) is 5.37. The molecule has 2 aliphatic rings. The van der Waals surface area contributed by atoms with Crippen LogP contribution >= 0.6 is 0 Å². The van der Waals surface area contributed by atoms with Crippen molar-refractivity contribution in [3.05, 3.63) is 34.1 Å². The lowest BCUT2D eigenvalue weighted by atomic mass is 9.87. The summed E-state index contributed by atoms with van der Waals surface area (Å²) in [5.74, 6) is 1.84. The molecular weight excluding hydrogens is 348 g/mol. The molecule has 1 saturated carbocycles. The van der Waals surface area contributed by atoms with Crippen molar-refractivity contribution in [1.29, 1.82) is 0 Å². The maximum Gasteiger partial charge on any atom is 0.290 e. The van der Waals surface area contributed by atoms with Gasteiger partial charge in [-0.25, -0.2) is 0 Å². The van der Waals surface area contributed by atoms with Crippen LogP contribution in [0.5, 0.6) is 0 Å². The van der Waals surface area contributed by atoms with E-state index in [1.807, 2.05) is 25.1 Å². The van der Waals surface area contributed by atoms with E-state index < -0.39 is 0 Å². The van der Waals surface area contributed by atoms with E-state index in [-0.39, 0.29) is 5.56 Å². The van der Waals surface area contributed by atoms with E-state index in [2.05, 4.69) is 4.90 Å². The van der Waals surface area contributed by atoms with Crippen LogP contribution in [-0.2, 0) is 6.54 Å². The van der Waals surface area contributed by atoms with Crippen LogP contribution in [0.15, 0.2) is 27.5 Å². The predicted molar refractivity (Wildman–Crippen MR) is 115 cm³/mol. The molecule has 2 aromatic rings. The van der Waals surface area contributed by atoms with Crippen molar-refractivity contribution in [3.63, 3.8) is 0 Å². The van der Waals surface area contributed by atoms with E-state index in [0.717, 1.165) is 23.8 Å². The molecule has 0 unspecified atom stereocenters. The monoisotopic (exact) mass is 384 g/mol. The number of hydrogen-bond acceptors (Lipinski definition) is 3. The van der Waals surface area contributed by atoms with E-state index in [1.165, 1.54) is 77.4 Å². The van der Waals surface area contributed by atoms with Crippen molar-refractivity contribution in [3.8, 4) is 0 Å². The molecule has 0 spiro atoms. The van der Waals surface area contributed by atoms with Crippen LogP contribution in [0.3, 0.4) is 0 Å². The second kappa shape index (κ2) is 9.30. The number of aryl methyl sites for hydroxylation is 2. The topological polar surface area (TPSA) is 38.4 Å². The maximum absolute atomic E-state index is 12.4. The number of fused-ring (bicyclic) bond motifs is 1. The van der Waals surface area contributed by atoms with Gasteiger partial charge >= 0.3 is 0 Å². The molecule has 1 aromatic heterocycles. The van der Waals surface area contributed by atoms with Crippen LogP contribution in [0.1, 0.15) is 69.8 Å². The zero-order chi connectivity index (χ0) is 19.3. The van der Waals surface area contributed by atoms with Crippen molar-refractivity contribution in [2.24, 2.45) is 11.8 Å². The summed E-state index contributed by atoms with van der Waals surface area (Å²) in [7, 11) is 0. The van der Waals surface area contributed by atoms with Crippen molar-refractivity contribution in [1.82, 2.24) is 9.64 Å². The van der Waals surface area contributed by atoms with Crippen LogP contribution in [0.4, 0.5) is 0 Å². The van der Waals surface area contributed by atoms with Crippen molar-refractivity contribution in [2.75, 3.05) is 19.6 Å². The molecule has 1 aliphatic carbocycles. The Labute approximate surface area is 168 Å². The van der Waals surface area contributed by atoms with E-state index in [4.69, 9.17) is 4.52 Å². The first-order valence-electron chi connectivity index (χ1n) is 11.5. The van der Waals surface area contributed by atoms with Crippen LogP contribution in [0, 0.1) is 18.8 Å². The van der Waals surface area contributed by atoms with E-state index >= 15 is 0 Å². The lowest BCUT2D eigenvalue weighted by Gasteiger charge is -2.35. The minimum atomic E-state index is 0.0229. The maximum atomic E-state index is 12.4. The minimum Gasteiger partial charge on any atom is -0.376 e. The van der Waals surface area contributed by atoms with Gasteiger partial charge in [0.1, 0.15) is 0 Å². The summed E-state index contributed by atoms with van der Waals surface area (Å²) in [4.78, 5) is 15.2. The Morgan fingerprint density at radius 3 is 2.57 bits per heavy atom. The fourth-order valence-corrected chi connectivity index (χ4v) is 5.21. The number of aromatic nitrogens is 1. The van der Waals surface area contributed by atoms with Gasteiger partial charge < -0.3 is 9.42 Å². The highest BCUT2D eigenvalue weighted by Crippen LogP contribution is 2.28. The van der Waals surface area contributed by atoms with Gasteiger partial charge in [-0.2, -0.15) is 4.74 Å². The third-order valence-electron chi connectivity index (χ3n) is 6.97. The Hall–Kier alpha value is -1.55. The Morgan fingerprint density at radius 2 is 1.79 bits per heavy atom. The van der Waals surface area contributed by atoms with E-state index in [0.29, 0.717) is 17.5 Å². The highest BCUT2D eigenvalue weighted by Gasteiger charge is 2.22. The summed E-state index contributed by atoms with van der Waals surface area (Å²) in [6.07, 6.45) is 13.5. The first kappa shape index (κ1) is 19.8.